The lowest BCUT2D eigenvalue weighted by molar-refractivity contribution is -0.326. The highest BCUT2D eigenvalue weighted by Crippen LogP contribution is 2.28. The average Bonchev–Trinajstić information content (AvgIpc) is 2.27. The van der Waals surface area contributed by atoms with Crippen molar-refractivity contribution < 1.29 is 108 Å². The van der Waals surface area contributed by atoms with Crippen LogP contribution in [0, 0.1) is 24.6 Å². The highest BCUT2D eigenvalue weighted by Gasteiger charge is 2.48. The summed E-state index contributed by atoms with van der Waals surface area (Å²) >= 11 is 6.08. The van der Waals surface area contributed by atoms with E-state index in [1.807, 2.05) is 13.0 Å². The van der Waals surface area contributed by atoms with E-state index in [0.29, 0.717) is 10.6 Å². The number of rotatable bonds is 33. The molecule has 1 aliphatic rings. The molecule has 0 bridgehead atoms. The van der Waals surface area contributed by atoms with Gasteiger partial charge < -0.3 is 86.2 Å². The number of hydrogen-bond acceptors (Lipinski definition) is 22. The van der Waals surface area contributed by atoms with Gasteiger partial charge in [0.25, 0.3) is 0 Å². The third-order valence-electron chi connectivity index (χ3n) is 14.2. The summed E-state index contributed by atoms with van der Waals surface area (Å²) in [5.41, 5.74) is 7.97. The maximum absolute atomic E-state index is 15.1. The summed E-state index contributed by atoms with van der Waals surface area (Å²) in [5.74, 6) is -8.87. The van der Waals surface area contributed by atoms with Crippen molar-refractivity contribution in [3.63, 3.8) is 0 Å². The van der Waals surface area contributed by atoms with E-state index in [9.17, 15) is 84.3 Å². The van der Waals surface area contributed by atoms with Crippen LogP contribution in [0.25, 0.3) is 0 Å². The van der Waals surface area contributed by atoms with Crippen LogP contribution in [0.15, 0.2) is 79.0 Å². The van der Waals surface area contributed by atoms with Crippen LogP contribution in [0.4, 0.5) is 14.9 Å². The fourth-order valence-corrected chi connectivity index (χ4v) is 9.16. The van der Waals surface area contributed by atoms with Gasteiger partial charge >= 0.3 is 6.09 Å². The van der Waals surface area contributed by atoms with Gasteiger partial charge in [0.05, 0.1) is 37.2 Å². The van der Waals surface area contributed by atoms with Gasteiger partial charge in [-0.05, 0) is 79.8 Å². The summed E-state index contributed by atoms with van der Waals surface area (Å²) in [6.07, 6.45) is -21.5. The second-order valence-electron chi connectivity index (χ2n) is 21.2. The monoisotopic (exact) mass is 1240 g/mol. The molecule has 474 valence electrons. The molecular weight excluding hydrogens is 1170 g/mol. The fraction of sp³-hybridized carbons (Fsp3) is 0.475. The highest BCUT2D eigenvalue weighted by atomic mass is 35.5. The molecule has 0 radical (unpaired) electrons. The van der Waals surface area contributed by atoms with Gasteiger partial charge in [-0.1, -0.05) is 41.9 Å². The predicted octanol–water partition coefficient (Wildman–Crippen LogP) is 0.671. The molecule has 5 rings (SSSR count). The average molecular weight is 1240 g/mol. The number of halogens is 2. The number of nitrogens with two attached hydrogens (primary N) is 1. The molecule has 2 heterocycles. The molecule has 1 aromatic heterocycles. The molecule has 4 unspecified atom stereocenters. The Morgan fingerprint density at radius 2 is 1.49 bits per heavy atom. The lowest BCUT2D eigenvalue weighted by Crippen LogP contribution is -2.61. The van der Waals surface area contributed by atoms with Gasteiger partial charge in [-0.15, -0.1) is 0 Å². The third-order valence-corrected chi connectivity index (χ3v) is 14.6. The number of aromatic nitrogens is 1. The number of pyridine rings is 1. The fourth-order valence-electron chi connectivity index (χ4n) is 9.05. The van der Waals surface area contributed by atoms with Gasteiger partial charge in [-0.2, -0.15) is 0 Å². The second kappa shape index (κ2) is 33.2. The van der Waals surface area contributed by atoms with Crippen molar-refractivity contribution in [3.8, 4) is 11.5 Å². The molecule has 87 heavy (non-hydrogen) atoms. The number of ketones is 4. The number of carbonyl (C=O) groups is 8. The van der Waals surface area contributed by atoms with E-state index in [1.165, 1.54) is 73.6 Å². The Bertz CT molecular complexity index is 3050. The van der Waals surface area contributed by atoms with E-state index in [2.05, 4.69) is 15.6 Å². The molecule has 28 heteroatoms. The van der Waals surface area contributed by atoms with Gasteiger partial charge in [0.2, 0.25) is 17.7 Å². The van der Waals surface area contributed by atoms with Crippen LogP contribution in [0.5, 0.6) is 11.5 Å². The van der Waals surface area contributed by atoms with Crippen molar-refractivity contribution in [3.05, 3.63) is 118 Å². The highest BCUT2D eigenvalue weighted by molar-refractivity contribution is 6.31. The Morgan fingerprint density at radius 3 is 2.13 bits per heavy atom. The Kier molecular flexibility index (Phi) is 26.9. The predicted molar refractivity (Wildman–Crippen MR) is 304 cm³/mol. The van der Waals surface area contributed by atoms with E-state index in [1.54, 1.807) is 12.1 Å². The van der Waals surface area contributed by atoms with Crippen molar-refractivity contribution >= 4 is 64.2 Å². The van der Waals surface area contributed by atoms with Crippen molar-refractivity contribution in [1.29, 1.82) is 0 Å². The zero-order valence-electron chi connectivity index (χ0n) is 47.9. The van der Waals surface area contributed by atoms with Crippen LogP contribution in [-0.4, -0.2) is 197 Å². The van der Waals surface area contributed by atoms with E-state index < -0.39 is 153 Å². The lowest BCUT2D eigenvalue weighted by Gasteiger charge is -2.42. The molecule has 26 nitrogen and oxygen atoms in total. The largest absolute Gasteiger partial charge is 0.457 e. The molecular formula is C59H73ClFN5O21. The number of benzene rings is 3. The van der Waals surface area contributed by atoms with Crippen molar-refractivity contribution in [2.45, 2.75) is 140 Å². The summed E-state index contributed by atoms with van der Waals surface area (Å²) in [6.45, 7) is 2.03. The molecule has 1 fully saturated rings. The standard InChI is InChI=1S/C59H73ClFN5O21/c1-29-18-33(9-14-41(29)60)19-37(70)20-34-10-13-38(23-42(34)61)85-39-15-16-63-43(24-39)44(71)6-5-17-66(4)59(83)84-28-32-7-11-36(12-8-32)65-56(81)35(22-49(62)75)21-45(72)30(2)64-57(82)40(31(3)69)25-46(73)50(76)53(79)55(47(74)26-67)87-58-54(80)52(78)51(77)48(27-68)86-58/h7-16,18,23-24,30-31,35,40,47-48,50-55,58,67-69,74,76-80H,5-6,17,19-22,25-28H2,1-4H3,(H2,62,75)(H,64,82)(H,65,81)/t30?,31?,35?,40?,47-,48-,50+,51+,52+,53+,54-,55+,58+/m1/s1. The van der Waals surface area contributed by atoms with Gasteiger partial charge in [0, 0.05) is 81.2 Å². The first-order valence-corrected chi connectivity index (χ1v) is 27.9. The van der Waals surface area contributed by atoms with Crippen molar-refractivity contribution in [2.75, 3.05) is 32.1 Å². The van der Waals surface area contributed by atoms with Gasteiger partial charge in [-0.25, -0.2) is 9.18 Å². The van der Waals surface area contributed by atoms with Gasteiger partial charge in [0.15, 0.2) is 23.6 Å². The lowest BCUT2D eigenvalue weighted by atomic mass is 9.90. The molecule has 1 aliphatic heterocycles. The zero-order valence-corrected chi connectivity index (χ0v) is 48.7. The number of nitrogens with zero attached hydrogens (tertiary/aromatic N) is 2. The number of aliphatic hydroxyl groups is 9. The molecule has 13 N–H and O–H groups in total. The first kappa shape index (κ1) is 70.5. The van der Waals surface area contributed by atoms with Crippen LogP contribution in [0.2, 0.25) is 5.02 Å². The van der Waals surface area contributed by atoms with Crippen LogP contribution in [0.1, 0.15) is 78.7 Å². The van der Waals surface area contributed by atoms with E-state index in [0.717, 1.165) is 24.1 Å². The van der Waals surface area contributed by atoms with Crippen LogP contribution >= 0.6 is 11.6 Å². The number of carbonyl (C=O) groups excluding carboxylic acids is 8. The maximum atomic E-state index is 15.1. The summed E-state index contributed by atoms with van der Waals surface area (Å²) in [5, 5.41) is 97.7. The molecule has 13 atom stereocenters. The molecule has 0 aliphatic carbocycles. The summed E-state index contributed by atoms with van der Waals surface area (Å²) in [7, 11) is 1.47. The topological polar surface area (TPSA) is 422 Å². The smallest absolute Gasteiger partial charge is 0.409 e. The number of primary amides is 1. The number of anilines is 1. The number of nitrogens with one attached hydrogen (secondary N) is 2. The molecule has 0 saturated carbocycles. The number of aliphatic hydroxyl groups excluding tert-OH is 9. The van der Waals surface area contributed by atoms with E-state index >= 15 is 4.39 Å². The van der Waals surface area contributed by atoms with E-state index in [4.69, 9.17) is 36.3 Å². The Morgan fingerprint density at radius 1 is 0.816 bits per heavy atom. The van der Waals surface area contributed by atoms with E-state index in [-0.39, 0.29) is 78.8 Å². The number of amides is 4. The minimum atomic E-state index is -2.51. The Labute approximate surface area is 504 Å². The third kappa shape index (κ3) is 20.7. The summed E-state index contributed by atoms with van der Waals surface area (Å²) in [6, 6.07) is 16.8. The van der Waals surface area contributed by atoms with Crippen LogP contribution in [-0.2, 0) is 62.4 Å². The maximum Gasteiger partial charge on any atom is 0.409 e. The number of Topliss-reactive ketones (excluding diaryl/α,β-unsaturated/α-hetero) is 4. The van der Waals surface area contributed by atoms with Crippen LogP contribution in [0.3, 0.4) is 0 Å². The molecule has 1 saturated heterocycles. The minimum Gasteiger partial charge on any atom is -0.457 e. The Balaban J connectivity index is 1.05. The van der Waals surface area contributed by atoms with Crippen LogP contribution < -0.4 is 21.1 Å². The second-order valence-corrected chi connectivity index (χ2v) is 21.6. The molecule has 4 amide bonds. The SMILES string of the molecule is Cc1cc(CC(=O)Cc2ccc(Oc3ccnc(C(=O)CCCN(C)C(=O)OCc4ccc(NC(=O)C(CC(N)=O)CC(=O)C(C)NC(=O)C(CC(=O)[C@H](O)[C@H](O)[C@@H](O[C@@H]5O[C@H](CO)[C@H](O)[C@H](O)[C@H]5O)[C@H](O)CO)C(C)O)cc4)c3)cc2F)ccc1Cl. The molecule has 4 aromatic rings. The summed E-state index contributed by atoms with van der Waals surface area (Å²) in [4.78, 5) is 110. The number of ether oxygens (including phenoxy) is 4. The van der Waals surface area contributed by atoms with Crippen molar-refractivity contribution in [1.82, 2.24) is 15.2 Å². The normalized spacial score (nSPS) is 19.4. The van der Waals surface area contributed by atoms with Gasteiger partial charge in [0.1, 0.15) is 84.2 Å². The zero-order chi connectivity index (χ0) is 64.4. The first-order valence-electron chi connectivity index (χ1n) is 27.5. The number of aryl methyl sites for hydroxylation is 1. The molecule has 3 aromatic carbocycles. The van der Waals surface area contributed by atoms with Gasteiger partial charge in [-0.3, -0.25) is 38.5 Å². The summed E-state index contributed by atoms with van der Waals surface area (Å²) < 4.78 is 36.8. The minimum absolute atomic E-state index is 0.00258. The molecule has 0 spiro atoms. The Hall–Kier alpha value is -7.25. The number of hydrogen-bond donors (Lipinski definition) is 12. The van der Waals surface area contributed by atoms with Crippen molar-refractivity contribution in [2.24, 2.45) is 17.6 Å². The quantitative estimate of drug-likeness (QED) is 0.0292. The first-order chi connectivity index (χ1) is 41.1.